The largest absolute Gasteiger partial charge is 0.493 e. The van der Waals surface area contributed by atoms with Crippen molar-refractivity contribution in [3.63, 3.8) is 0 Å². The first-order chi connectivity index (χ1) is 19.1. The molecule has 41 heavy (non-hydrogen) atoms. The molecule has 0 spiro atoms. The summed E-state index contributed by atoms with van der Waals surface area (Å²) in [6.45, 7) is 13.9. The molecule has 1 N–H and O–H groups in total. The Morgan fingerprint density at radius 1 is 1.10 bits per heavy atom. The third-order valence-electron chi connectivity index (χ3n) is 7.93. The Morgan fingerprint density at radius 3 is 2.44 bits per heavy atom. The monoisotopic (exact) mass is 578 g/mol. The van der Waals surface area contributed by atoms with Crippen LogP contribution >= 0.6 is 0 Å². The summed E-state index contributed by atoms with van der Waals surface area (Å²) in [6.07, 6.45) is 3.39. The number of hydrogen-bond donors (Lipinski definition) is 1. The van der Waals surface area contributed by atoms with Gasteiger partial charge in [0.15, 0.2) is 6.10 Å². The molecule has 1 atom stereocenters. The van der Waals surface area contributed by atoms with E-state index in [-0.39, 0.29) is 6.54 Å². The number of aliphatic carboxylic acids is 1. The Labute approximate surface area is 242 Å². The fourth-order valence-electron chi connectivity index (χ4n) is 6.24. The number of pyridine rings is 1. The van der Waals surface area contributed by atoms with Crippen LogP contribution in [0.15, 0.2) is 24.4 Å². The summed E-state index contributed by atoms with van der Waals surface area (Å²) < 4.78 is 40.1. The minimum Gasteiger partial charge on any atom is -0.493 e. The minimum atomic E-state index is -3.73. The van der Waals surface area contributed by atoms with Crippen molar-refractivity contribution >= 4 is 21.7 Å². The standard InChI is InChI=1S/C32H38N2O6S/c1-17-14-21-16-34(41(8,37)38)29-20(4)26(30(31(35)36)40-32(5,6)7)25(19(3)27(29)28(21)33-15-17)23-11-12-24-22(18(23)2)10-9-13-39-24/h11-12,14-15,30H,9-10,13,16H2,1-8H3,(H,35,36)/t30-/m0/s1. The van der Waals surface area contributed by atoms with Gasteiger partial charge in [0.05, 0.1) is 36.4 Å². The van der Waals surface area contributed by atoms with Crippen LogP contribution in [0.25, 0.3) is 22.4 Å². The SMILES string of the molecule is Cc1cnc2c(c1)CN(S(C)(=O)=O)c1c(C)c([C@H](OC(C)(C)C)C(=O)O)c(-c3ccc4c(c3C)CCCO4)c(C)c1-2. The lowest BCUT2D eigenvalue weighted by Gasteiger charge is -2.37. The van der Waals surface area contributed by atoms with Crippen LogP contribution in [0.1, 0.15) is 72.2 Å². The first-order valence-electron chi connectivity index (χ1n) is 13.9. The van der Waals surface area contributed by atoms with Gasteiger partial charge in [-0.25, -0.2) is 13.2 Å². The number of carboxylic acid groups (broad SMARTS) is 1. The van der Waals surface area contributed by atoms with Gasteiger partial charge in [-0.1, -0.05) is 12.1 Å². The zero-order valence-corrected chi connectivity index (χ0v) is 25.8. The molecular weight excluding hydrogens is 540 g/mol. The number of hydrogen-bond acceptors (Lipinski definition) is 6. The Hall–Kier alpha value is -3.43. The summed E-state index contributed by atoms with van der Waals surface area (Å²) in [5.74, 6) is -0.295. The molecule has 0 saturated carbocycles. The molecule has 0 bridgehead atoms. The molecule has 218 valence electrons. The summed E-state index contributed by atoms with van der Waals surface area (Å²) in [6, 6.07) is 5.90. The highest BCUT2D eigenvalue weighted by atomic mass is 32.2. The van der Waals surface area contributed by atoms with Crippen molar-refractivity contribution in [1.29, 1.82) is 0 Å². The summed E-state index contributed by atoms with van der Waals surface area (Å²) in [7, 11) is -3.73. The maximum atomic E-state index is 13.3. The van der Waals surface area contributed by atoms with Crippen LogP contribution in [0.5, 0.6) is 5.75 Å². The van der Waals surface area contributed by atoms with Crippen LogP contribution in [0.4, 0.5) is 5.69 Å². The normalized spacial score (nSPS) is 15.5. The van der Waals surface area contributed by atoms with Gasteiger partial charge >= 0.3 is 5.97 Å². The fraction of sp³-hybridized carbons (Fsp3) is 0.438. The molecule has 0 aliphatic carbocycles. The van der Waals surface area contributed by atoms with E-state index in [2.05, 4.69) is 0 Å². The van der Waals surface area contributed by atoms with E-state index in [1.165, 1.54) is 10.6 Å². The topological polar surface area (TPSA) is 106 Å². The number of aromatic nitrogens is 1. The van der Waals surface area contributed by atoms with E-state index in [1.807, 2.05) is 59.7 Å². The number of carbonyl (C=O) groups is 1. The molecule has 2 aromatic carbocycles. The number of ether oxygens (including phenoxy) is 2. The van der Waals surface area contributed by atoms with Crippen LogP contribution in [0.2, 0.25) is 0 Å². The van der Waals surface area contributed by atoms with Gasteiger partial charge in [-0.15, -0.1) is 0 Å². The lowest BCUT2D eigenvalue weighted by atomic mass is 9.79. The predicted octanol–water partition coefficient (Wildman–Crippen LogP) is 6.19. The van der Waals surface area contributed by atoms with Crippen LogP contribution in [-0.2, 0) is 32.5 Å². The second-order valence-corrected chi connectivity index (χ2v) is 14.1. The fourth-order valence-corrected chi connectivity index (χ4v) is 7.18. The third kappa shape index (κ3) is 5.10. The van der Waals surface area contributed by atoms with Crippen LogP contribution < -0.4 is 9.04 Å². The number of benzene rings is 2. The number of fused-ring (bicyclic) bond motifs is 4. The predicted molar refractivity (Wildman–Crippen MR) is 160 cm³/mol. The van der Waals surface area contributed by atoms with E-state index in [0.29, 0.717) is 34.7 Å². The molecule has 0 fully saturated rings. The molecule has 0 amide bonds. The summed E-state index contributed by atoms with van der Waals surface area (Å²) in [5, 5.41) is 10.6. The molecule has 5 rings (SSSR count). The molecule has 8 nitrogen and oxygen atoms in total. The zero-order valence-electron chi connectivity index (χ0n) is 25.0. The molecule has 0 unspecified atom stereocenters. The third-order valence-corrected chi connectivity index (χ3v) is 9.04. The lowest BCUT2D eigenvalue weighted by Crippen LogP contribution is -2.35. The Morgan fingerprint density at radius 2 is 1.80 bits per heavy atom. The van der Waals surface area contributed by atoms with Crippen LogP contribution in [0.3, 0.4) is 0 Å². The average molecular weight is 579 g/mol. The zero-order chi connectivity index (χ0) is 30.0. The van der Waals surface area contributed by atoms with Gasteiger partial charge in [-0.05, 0) is 112 Å². The molecule has 0 radical (unpaired) electrons. The molecule has 1 aromatic heterocycles. The van der Waals surface area contributed by atoms with Gasteiger partial charge in [0.2, 0.25) is 10.0 Å². The summed E-state index contributed by atoms with van der Waals surface area (Å²) >= 11 is 0. The second kappa shape index (κ2) is 10.1. The van der Waals surface area contributed by atoms with Crippen molar-refractivity contribution in [3.05, 3.63) is 63.3 Å². The molecule has 2 aliphatic rings. The summed E-state index contributed by atoms with van der Waals surface area (Å²) in [5.41, 5.74) is 8.29. The van der Waals surface area contributed by atoms with E-state index in [0.717, 1.165) is 57.5 Å². The number of rotatable bonds is 5. The highest BCUT2D eigenvalue weighted by molar-refractivity contribution is 7.92. The maximum absolute atomic E-state index is 13.3. The molecule has 0 saturated heterocycles. The van der Waals surface area contributed by atoms with Crippen molar-refractivity contribution in [2.24, 2.45) is 0 Å². The quantitative estimate of drug-likeness (QED) is 0.385. The Kier molecular flexibility index (Phi) is 7.19. The van der Waals surface area contributed by atoms with Crippen molar-refractivity contribution in [1.82, 2.24) is 4.98 Å². The number of carboxylic acids is 1. The molecular formula is C32H38N2O6S. The van der Waals surface area contributed by atoms with E-state index < -0.39 is 27.7 Å². The molecule has 2 aliphatic heterocycles. The Balaban J connectivity index is 1.96. The van der Waals surface area contributed by atoms with Gasteiger partial charge in [0.25, 0.3) is 0 Å². The molecule has 9 heteroatoms. The highest BCUT2D eigenvalue weighted by Crippen LogP contribution is 2.52. The van der Waals surface area contributed by atoms with Crippen molar-refractivity contribution < 1.29 is 27.8 Å². The van der Waals surface area contributed by atoms with E-state index in [9.17, 15) is 18.3 Å². The number of anilines is 1. The smallest absolute Gasteiger partial charge is 0.337 e. The number of aryl methyl sites for hydroxylation is 1. The second-order valence-electron chi connectivity index (χ2n) is 12.2. The van der Waals surface area contributed by atoms with Gasteiger partial charge in [0.1, 0.15) is 5.75 Å². The van der Waals surface area contributed by atoms with E-state index in [4.69, 9.17) is 14.5 Å². The molecule has 3 heterocycles. The van der Waals surface area contributed by atoms with E-state index in [1.54, 1.807) is 13.1 Å². The van der Waals surface area contributed by atoms with Gasteiger partial charge < -0.3 is 14.6 Å². The van der Waals surface area contributed by atoms with Gasteiger partial charge in [-0.2, -0.15) is 0 Å². The van der Waals surface area contributed by atoms with Crippen LogP contribution in [0, 0.1) is 27.7 Å². The van der Waals surface area contributed by atoms with Gasteiger partial charge in [0, 0.05) is 17.3 Å². The lowest BCUT2D eigenvalue weighted by molar-refractivity contribution is -0.160. The first-order valence-corrected chi connectivity index (χ1v) is 15.7. The average Bonchev–Trinajstić information content (AvgIpc) is 2.88. The van der Waals surface area contributed by atoms with Crippen molar-refractivity contribution in [2.45, 2.75) is 79.6 Å². The summed E-state index contributed by atoms with van der Waals surface area (Å²) in [4.78, 5) is 17.7. The Bertz CT molecular complexity index is 1690. The van der Waals surface area contributed by atoms with Crippen LogP contribution in [-0.4, -0.2) is 42.9 Å². The number of nitrogens with zero attached hydrogens (tertiary/aromatic N) is 2. The highest BCUT2D eigenvalue weighted by Gasteiger charge is 2.39. The van der Waals surface area contributed by atoms with Crippen molar-refractivity contribution in [3.8, 4) is 28.1 Å². The van der Waals surface area contributed by atoms with Gasteiger partial charge in [-0.3, -0.25) is 9.29 Å². The first kappa shape index (κ1) is 29.1. The van der Waals surface area contributed by atoms with Crippen molar-refractivity contribution in [2.75, 3.05) is 17.2 Å². The number of sulfonamides is 1. The van der Waals surface area contributed by atoms with E-state index >= 15 is 0 Å². The minimum absolute atomic E-state index is 0.113. The molecule has 3 aromatic rings. The maximum Gasteiger partial charge on any atom is 0.337 e.